The number of hydrazone groups is 1. The Morgan fingerprint density at radius 1 is 1.39 bits per heavy atom. The topological polar surface area (TPSA) is 108 Å². The third-order valence-electron chi connectivity index (χ3n) is 2.79. The fourth-order valence-electron chi connectivity index (χ4n) is 1.77. The molecule has 118 valence electrons. The van der Waals surface area contributed by atoms with Crippen molar-refractivity contribution < 1.29 is 18.8 Å². The molecule has 2 N–H and O–H groups in total. The summed E-state index contributed by atoms with van der Waals surface area (Å²) in [6.45, 7) is 0. The van der Waals surface area contributed by atoms with Gasteiger partial charge in [0.25, 0.3) is 5.69 Å². The lowest BCUT2D eigenvalue weighted by Crippen LogP contribution is -2.12. The second-order valence-corrected chi connectivity index (χ2v) is 4.65. The second-order valence-electron chi connectivity index (χ2n) is 4.24. The standard InChI is InChI=1S/C14H9ClFN3O4/c15-10-2-1-3-11(16)13(10)14(20)23-12-5-4-9(19(21)22)6-8(12)7-18-17/h1-7H,17H2. The van der Waals surface area contributed by atoms with Gasteiger partial charge in [-0.3, -0.25) is 10.1 Å². The lowest BCUT2D eigenvalue weighted by molar-refractivity contribution is -0.384. The SMILES string of the molecule is NN=Cc1cc([N+](=O)[O-])ccc1OC(=O)c1c(F)cccc1Cl. The predicted molar refractivity (Wildman–Crippen MR) is 81.2 cm³/mol. The van der Waals surface area contributed by atoms with Gasteiger partial charge in [-0.05, 0) is 18.2 Å². The molecule has 0 amide bonds. The van der Waals surface area contributed by atoms with Gasteiger partial charge in [0.2, 0.25) is 0 Å². The number of non-ortho nitro benzene ring substituents is 1. The molecule has 0 unspecified atom stereocenters. The molecule has 0 atom stereocenters. The van der Waals surface area contributed by atoms with Gasteiger partial charge in [0.05, 0.1) is 16.2 Å². The summed E-state index contributed by atoms with van der Waals surface area (Å²) >= 11 is 5.78. The van der Waals surface area contributed by atoms with E-state index in [1.165, 1.54) is 18.2 Å². The molecule has 9 heteroatoms. The maximum Gasteiger partial charge on any atom is 0.348 e. The van der Waals surface area contributed by atoms with Crippen molar-refractivity contribution in [3.63, 3.8) is 0 Å². The van der Waals surface area contributed by atoms with Gasteiger partial charge in [-0.2, -0.15) is 5.10 Å². The van der Waals surface area contributed by atoms with Gasteiger partial charge < -0.3 is 10.6 Å². The van der Waals surface area contributed by atoms with E-state index in [4.69, 9.17) is 22.2 Å². The number of hydrogen-bond donors (Lipinski definition) is 1. The van der Waals surface area contributed by atoms with Crippen LogP contribution in [0.2, 0.25) is 5.02 Å². The summed E-state index contributed by atoms with van der Waals surface area (Å²) in [7, 11) is 0. The predicted octanol–water partition coefficient (Wildman–Crippen LogP) is 2.90. The van der Waals surface area contributed by atoms with Crippen LogP contribution in [0.3, 0.4) is 0 Å². The average Bonchev–Trinajstić information content (AvgIpc) is 2.49. The quantitative estimate of drug-likeness (QED) is 0.230. The van der Waals surface area contributed by atoms with Gasteiger partial charge in [0.15, 0.2) is 0 Å². The van der Waals surface area contributed by atoms with Crippen LogP contribution in [-0.2, 0) is 0 Å². The molecule has 0 bridgehead atoms. The van der Waals surface area contributed by atoms with Crippen LogP contribution in [0.1, 0.15) is 15.9 Å². The first kappa shape index (κ1) is 16.4. The molecule has 23 heavy (non-hydrogen) atoms. The monoisotopic (exact) mass is 337 g/mol. The van der Waals surface area contributed by atoms with E-state index in [-0.39, 0.29) is 22.0 Å². The lowest BCUT2D eigenvalue weighted by Gasteiger charge is -2.09. The van der Waals surface area contributed by atoms with E-state index in [0.29, 0.717) is 0 Å². The fourth-order valence-corrected chi connectivity index (χ4v) is 2.01. The molecule has 0 spiro atoms. The van der Waals surface area contributed by atoms with E-state index in [1.54, 1.807) is 0 Å². The highest BCUT2D eigenvalue weighted by Gasteiger charge is 2.20. The van der Waals surface area contributed by atoms with Crippen LogP contribution in [0.4, 0.5) is 10.1 Å². The second kappa shape index (κ2) is 6.84. The van der Waals surface area contributed by atoms with Crippen LogP contribution in [-0.4, -0.2) is 17.1 Å². The number of esters is 1. The van der Waals surface area contributed by atoms with E-state index in [0.717, 1.165) is 24.4 Å². The maximum atomic E-state index is 13.7. The van der Waals surface area contributed by atoms with Crippen LogP contribution in [0.15, 0.2) is 41.5 Å². The van der Waals surface area contributed by atoms with E-state index in [2.05, 4.69) is 5.10 Å². The summed E-state index contributed by atoms with van der Waals surface area (Å²) in [5, 5.41) is 13.9. The third kappa shape index (κ3) is 3.61. The molecule has 0 aliphatic heterocycles. The van der Waals surface area contributed by atoms with Gasteiger partial charge in [-0.25, -0.2) is 9.18 Å². The number of nitro benzene ring substituents is 1. The molecule has 0 heterocycles. The molecule has 2 aromatic rings. The molecular weight excluding hydrogens is 329 g/mol. The molecule has 0 saturated carbocycles. The Labute approximate surface area is 134 Å². The minimum atomic E-state index is -1.05. The molecule has 2 rings (SSSR count). The Morgan fingerprint density at radius 2 is 2.13 bits per heavy atom. The minimum Gasteiger partial charge on any atom is -0.422 e. The number of carbonyl (C=O) groups is 1. The molecule has 0 radical (unpaired) electrons. The van der Waals surface area contributed by atoms with Crippen molar-refractivity contribution in [3.8, 4) is 5.75 Å². The molecular formula is C14H9ClFN3O4. The van der Waals surface area contributed by atoms with Gasteiger partial charge in [-0.1, -0.05) is 17.7 Å². The molecule has 0 saturated heterocycles. The zero-order valence-corrected chi connectivity index (χ0v) is 12.2. The first-order valence-corrected chi connectivity index (χ1v) is 6.49. The molecule has 0 fully saturated rings. The summed E-state index contributed by atoms with van der Waals surface area (Å²) in [4.78, 5) is 22.2. The molecule has 0 aromatic heterocycles. The highest BCUT2D eigenvalue weighted by Crippen LogP contribution is 2.26. The number of ether oxygens (including phenoxy) is 1. The van der Waals surface area contributed by atoms with E-state index < -0.39 is 22.3 Å². The highest BCUT2D eigenvalue weighted by molar-refractivity contribution is 6.33. The number of nitrogens with two attached hydrogens (primary N) is 1. The van der Waals surface area contributed by atoms with Crippen LogP contribution in [0, 0.1) is 15.9 Å². The summed E-state index contributed by atoms with van der Waals surface area (Å²) in [6, 6.07) is 7.15. The van der Waals surface area contributed by atoms with E-state index in [1.807, 2.05) is 0 Å². The van der Waals surface area contributed by atoms with Crippen molar-refractivity contribution in [3.05, 3.63) is 68.5 Å². The summed E-state index contributed by atoms with van der Waals surface area (Å²) in [6.07, 6.45) is 1.07. The Kier molecular flexibility index (Phi) is 4.87. The first-order valence-electron chi connectivity index (χ1n) is 6.12. The van der Waals surface area contributed by atoms with Crippen molar-refractivity contribution in [2.75, 3.05) is 0 Å². The molecule has 7 nitrogen and oxygen atoms in total. The van der Waals surface area contributed by atoms with Crippen LogP contribution in [0.5, 0.6) is 5.75 Å². The van der Waals surface area contributed by atoms with Crippen molar-refractivity contribution in [2.24, 2.45) is 10.9 Å². The number of rotatable bonds is 4. The highest BCUT2D eigenvalue weighted by atomic mass is 35.5. The number of nitrogens with zero attached hydrogens (tertiary/aromatic N) is 2. The average molecular weight is 338 g/mol. The summed E-state index contributed by atoms with van der Waals surface area (Å²) in [5.74, 6) is 3.05. The number of carbonyl (C=O) groups excluding carboxylic acids is 1. The largest absolute Gasteiger partial charge is 0.422 e. The summed E-state index contributed by atoms with van der Waals surface area (Å²) in [5.41, 5.74) is -0.603. The Bertz CT molecular complexity index is 790. The lowest BCUT2D eigenvalue weighted by atomic mass is 10.2. The van der Waals surface area contributed by atoms with Gasteiger partial charge in [0, 0.05) is 17.7 Å². The zero-order valence-electron chi connectivity index (χ0n) is 11.4. The summed E-state index contributed by atoms with van der Waals surface area (Å²) < 4.78 is 18.7. The molecule has 2 aromatic carbocycles. The number of nitro groups is 1. The fraction of sp³-hybridized carbons (Fsp3) is 0. The first-order chi connectivity index (χ1) is 10.9. The number of hydrogen-bond acceptors (Lipinski definition) is 6. The number of benzene rings is 2. The molecule has 0 aliphatic carbocycles. The Morgan fingerprint density at radius 3 is 2.74 bits per heavy atom. The molecule has 0 aliphatic rings. The third-order valence-corrected chi connectivity index (χ3v) is 3.10. The van der Waals surface area contributed by atoms with Crippen LogP contribution >= 0.6 is 11.6 Å². The van der Waals surface area contributed by atoms with E-state index >= 15 is 0 Å². The normalized spacial score (nSPS) is 10.7. The van der Waals surface area contributed by atoms with Gasteiger partial charge in [0.1, 0.15) is 17.1 Å². The van der Waals surface area contributed by atoms with Gasteiger partial charge in [-0.15, -0.1) is 0 Å². The Hall–Kier alpha value is -3.00. The van der Waals surface area contributed by atoms with Crippen molar-refractivity contribution in [1.29, 1.82) is 0 Å². The minimum absolute atomic E-state index is 0.0749. The van der Waals surface area contributed by atoms with Gasteiger partial charge >= 0.3 is 5.97 Å². The van der Waals surface area contributed by atoms with Crippen molar-refractivity contribution in [1.82, 2.24) is 0 Å². The van der Waals surface area contributed by atoms with Crippen molar-refractivity contribution in [2.45, 2.75) is 0 Å². The zero-order chi connectivity index (χ0) is 17.0. The number of halogens is 2. The van der Waals surface area contributed by atoms with E-state index in [9.17, 15) is 19.3 Å². The van der Waals surface area contributed by atoms with Crippen LogP contribution < -0.4 is 10.6 Å². The Balaban J connectivity index is 2.39. The van der Waals surface area contributed by atoms with Crippen LogP contribution in [0.25, 0.3) is 0 Å². The smallest absolute Gasteiger partial charge is 0.348 e. The maximum absolute atomic E-state index is 13.7. The van der Waals surface area contributed by atoms with Crippen molar-refractivity contribution >= 4 is 29.5 Å².